The van der Waals surface area contributed by atoms with E-state index in [0.717, 1.165) is 6.07 Å². The molecule has 3 aromatic rings. The van der Waals surface area contributed by atoms with Crippen LogP contribution in [0.5, 0.6) is 0 Å². The highest BCUT2D eigenvalue weighted by molar-refractivity contribution is 7.89. The van der Waals surface area contributed by atoms with E-state index < -0.39 is 41.6 Å². The van der Waals surface area contributed by atoms with Crippen molar-refractivity contribution in [2.75, 3.05) is 5.32 Å². The Morgan fingerprint density at radius 2 is 1.26 bits per heavy atom. The molecule has 0 aromatic heterocycles. The largest absolute Gasteiger partial charge is 0.321 e. The normalized spacial score (nSPS) is 12.1. The third-order valence-corrected chi connectivity index (χ3v) is 6.22. The third kappa shape index (κ3) is 5.44. The van der Waals surface area contributed by atoms with Gasteiger partial charge in [0.2, 0.25) is 0 Å². The maximum atomic E-state index is 12.4. The van der Waals surface area contributed by atoms with Crippen LogP contribution < -0.4 is 5.32 Å². The fraction of sp³-hybridized carbons (Fsp3) is 0. The summed E-state index contributed by atoms with van der Waals surface area (Å²) < 4.78 is 67.8. The molecule has 0 spiro atoms. The first kappa shape index (κ1) is 22.4. The molecule has 0 bridgehead atoms. The molecule has 10 heteroatoms. The van der Waals surface area contributed by atoms with Crippen molar-refractivity contribution in [3.63, 3.8) is 0 Å². The molecule has 0 aliphatic rings. The van der Waals surface area contributed by atoms with Gasteiger partial charge in [-0.25, -0.2) is 0 Å². The van der Waals surface area contributed by atoms with E-state index >= 15 is 0 Å². The number of benzene rings is 3. The van der Waals surface area contributed by atoms with Gasteiger partial charge in [0.1, 0.15) is 9.79 Å². The molecular formula is C21H17NO7S2. The molecule has 8 nitrogen and oxygen atoms in total. The zero-order valence-corrected chi connectivity index (χ0v) is 17.5. The van der Waals surface area contributed by atoms with E-state index in [4.69, 9.17) is 0 Å². The molecule has 160 valence electrons. The van der Waals surface area contributed by atoms with Gasteiger partial charge in [0.25, 0.3) is 26.1 Å². The van der Waals surface area contributed by atoms with Crippen molar-refractivity contribution >= 4 is 44.0 Å². The molecule has 0 radical (unpaired) electrons. The van der Waals surface area contributed by atoms with Gasteiger partial charge in [-0.05, 0) is 29.3 Å². The van der Waals surface area contributed by atoms with Crippen molar-refractivity contribution < 1.29 is 30.7 Å². The summed E-state index contributed by atoms with van der Waals surface area (Å²) >= 11 is 0. The van der Waals surface area contributed by atoms with Gasteiger partial charge in [-0.1, -0.05) is 66.7 Å². The molecule has 1 amide bonds. The first-order chi connectivity index (χ1) is 14.6. The molecule has 3 rings (SSSR count). The summed E-state index contributed by atoms with van der Waals surface area (Å²) in [7, 11) is -10.3. The van der Waals surface area contributed by atoms with Crippen LogP contribution in [0, 0.1) is 0 Å². The van der Waals surface area contributed by atoms with E-state index in [1.165, 1.54) is 30.4 Å². The van der Waals surface area contributed by atoms with Gasteiger partial charge >= 0.3 is 0 Å². The average Bonchev–Trinajstić information content (AvgIpc) is 2.72. The monoisotopic (exact) mass is 459 g/mol. The Hall–Kier alpha value is -3.31. The number of carbonyl (C=O) groups excluding carboxylic acids is 1. The smallest absolute Gasteiger partial charge is 0.298 e. The highest BCUT2D eigenvalue weighted by Gasteiger charge is 2.30. The van der Waals surface area contributed by atoms with Crippen LogP contribution in [-0.2, 0) is 20.2 Å². The lowest BCUT2D eigenvalue weighted by Crippen LogP contribution is -2.18. The van der Waals surface area contributed by atoms with Crippen molar-refractivity contribution in [3.05, 3.63) is 89.5 Å². The standard InChI is InChI=1S/C21H17NO7S2/c23-21(17-9-5-2-6-10-17)22-18-14-13-16(12-11-15-7-3-1-4-8-15)19(30(24,25)26)20(18)31(27,28)29/h1-14H,(H,22,23)(H,24,25,26)(H,27,28,29). The minimum Gasteiger partial charge on any atom is -0.321 e. The van der Waals surface area contributed by atoms with Crippen LogP contribution in [0.15, 0.2) is 82.6 Å². The molecule has 31 heavy (non-hydrogen) atoms. The quantitative estimate of drug-likeness (QED) is 0.378. The van der Waals surface area contributed by atoms with E-state index in [1.54, 1.807) is 48.5 Å². The van der Waals surface area contributed by atoms with Gasteiger partial charge in [-0.15, -0.1) is 0 Å². The first-order valence-electron chi connectivity index (χ1n) is 8.79. The second kappa shape index (κ2) is 8.82. The van der Waals surface area contributed by atoms with E-state index in [1.807, 2.05) is 0 Å². The van der Waals surface area contributed by atoms with Crippen molar-refractivity contribution in [3.8, 4) is 0 Å². The predicted octanol–water partition coefficient (Wildman–Crippen LogP) is 3.60. The number of nitrogens with one attached hydrogen (secondary N) is 1. The summed E-state index contributed by atoms with van der Waals surface area (Å²) in [5.74, 6) is -0.737. The molecule has 0 aliphatic carbocycles. The van der Waals surface area contributed by atoms with E-state index in [-0.39, 0.29) is 11.1 Å². The summed E-state index contributed by atoms with van der Waals surface area (Å²) in [5, 5.41) is 2.27. The topological polar surface area (TPSA) is 138 Å². The number of hydrogen-bond donors (Lipinski definition) is 3. The van der Waals surface area contributed by atoms with Gasteiger partial charge in [0, 0.05) is 5.56 Å². The van der Waals surface area contributed by atoms with Crippen LogP contribution >= 0.6 is 0 Å². The molecule has 0 saturated carbocycles. The zero-order chi connectivity index (χ0) is 22.6. The van der Waals surface area contributed by atoms with Crippen LogP contribution in [0.3, 0.4) is 0 Å². The maximum absolute atomic E-state index is 12.4. The first-order valence-corrected chi connectivity index (χ1v) is 11.7. The minimum atomic E-state index is -5.17. The number of hydrogen-bond acceptors (Lipinski definition) is 5. The zero-order valence-electron chi connectivity index (χ0n) is 15.8. The Balaban J connectivity index is 2.18. The molecule has 0 saturated heterocycles. The van der Waals surface area contributed by atoms with Gasteiger partial charge in [-0.3, -0.25) is 13.9 Å². The van der Waals surface area contributed by atoms with Crippen molar-refractivity contribution in [2.24, 2.45) is 0 Å². The molecule has 0 unspecified atom stereocenters. The summed E-state index contributed by atoms with van der Waals surface area (Å²) in [6.45, 7) is 0. The van der Waals surface area contributed by atoms with Gasteiger partial charge in [0.15, 0.2) is 0 Å². The van der Waals surface area contributed by atoms with Gasteiger partial charge < -0.3 is 5.32 Å². The molecule has 0 atom stereocenters. The van der Waals surface area contributed by atoms with Gasteiger partial charge in [-0.2, -0.15) is 16.8 Å². The van der Waals surface area contributed by atoms with Crippen LogP contribution in [0.1, 0.15) is 21.5 Å². The number of anilines is 1. The fourth-order valence-electron chi connectivity index (χ4n) is 2.86. The third-order valence-electron chi connectivity index (χ3n) is 4.20. The average molecular weight is 460 g/mol. The molecule has 0 heterocycles. The molecule has 0 fully saturated rings. The van der Waals surface area contributed by atoms with E-state index in [2.05, 4.69) is 5.32 Å². The SMILES string of the molecule is O=C(Nc1ccc(C=Cc2ccccc2)c(S(=O)(=O)O)c1S(=O)(=O)O)c1ccccc1. The highest BCUT2D eigenvalue weighted by Crippen LogP contribution is 2.33. The molecule has 3 aromatic carbocycles. The summed E-state index contributed by atoms with van der Waals surface area (Å²) in [6.07, 6.45) is 2.77. The molecule has 0 aliphatic heterocycles. The second-order valence-corrected chi connectivity index (χ2v) is 9.09. The fourth-order valence-corrected chi connectivity index (χ4v) is 5.02. The lowest BCUT2D eigenvalue weighted by molar-refractivity contribution is 0.102. The van der Waals surface area contributed by atoms with Crippen LogP contribution in [-0.4, -0.2) is 31.8 Å². The Kier molecular flexibility index (Phi) is 6.37. The number of carbonyl (C=O) groups is 1. The van der Waals surface area contributed by atoms with Crippen molar-refractivity contribution in [2.45, 2.75) is 9.79 Å². The number of rotatable bonds is 6. The van der Waals surface area contributed by atoms with Crippen molar-refractivity contribution in [1.82, 2.24) is 0 Å². The predicted molar refractivity (Wildman–Crippen MR) is 116 cm³/mol. The Bertz CT molecular complexity index is 1350. The molecular weight excluding hydrogens is 442 g/mol. The molecule has 3 N–H and O–H groups in total. The van der Waals surface area contributed by atoms with Gasteiger partial charge in [0.05, 0.1) is 5.69 Å². The highest BCUT2D eigenvalue weighted by atomic mass is 32.2. The Labute approximate surface area is 179 Å². The Morgan fingerprint density at radius 3 is 1.81 bits per heavy atom. The van der Waals surface area contributed by atoms with Crippen molar-refractivity contribution in [1.29, 1.82) is 0 Å². The second-order valence-electron chi connectivity index (χ2n) is 6.37. The maximum Gasteiger partial charge on any atom is 0.298 e. The lowest BCUT2D eigenvalue weighted by Gasteiger charge is -2.14. The minimum absolute atomic E-state index is 0.172. The van der Waals surface area contributed by atoms with E-state index in [9.17, 15) is 30.7 Å². The van der Waals surface area contributed by atoms with Crippen LogP contribution in [0.2, 0.25) is 0 Å². The summed E-state index contributed by atoms with van der Waals surface area (Å²) in [5.41, 5.74) is 0.154. The van der Waals surface area contributed by atoms with E-state index in [0.29, 0.717) is 5.56 Å². The summed E-state index contributed by atoms with van der Waals surface area (Å²) in [4.78, 5) is 10.3. The van der Waals surface area contributed by atoms with Crippen LogP contribution in [0.25, 0.3) is 12.2 Å². The lowest BCUT2D eigenvalue weighted by atomic mass is 10.1. The van der Waals surface area contributed by atoms with Crippen LogP contribution in [0.4, 0.5) is 5.69 Å². The Morgan fingerprint density at radius 1 is 0.710 bits per heavy atom. The summed E-state index contributed by atoms with van der Waals surface area (Å²) in [6, 6.07) is 18.8. The number of amides is 1.